The van der Waals surface area contributed by atoms with E-state index in [-0.39, 0.29) is 67.1 Å². The molecule has 3 heterocycles. The molecule has 3 amide bonds. The third-order valence-corrected chi connectivity index (χ3v) is 7.28. The fourth-order valence-electron chi connectivity index (χ4n) is 5.04. The first-order chi connectivity index (χ1) is 19.7. The highest BCUT2D eigenvalue weighted by atomic mass is 16.5. The first-order valence-electron chi connectivity index (χ1n) is 13.6. The summed E-state index contributed by atoms with van der Waals surface area (Å²) in [5.41, 5.74) is 2.25. The van der Waals surface area contributed by atoms with Crippen molar-refractivity contribution in [1.82, 2.24) is 25.3 Å². The van der Waals surface area contributed by atoms with Crippen LogP contribution in [0.1, 0.15) is 51.9 Å². The molecule has 11 nitrogen and oxygen atoms in total. The SMILES string of the molecule is CC(=O)c1cc(C(=O)N2CC[C@H]3OCc4cccc(c4)Oc4cccc(c4)CCC(=O)N(C)CC(=O)N[C@H]3C2)[nH]n1. The zero-order valence-corrected chi connectivity index (χ0v) is 23.1. The number of likely N-dealkylation sites (N-methyl/N-ethyl adjacent to an activating group) is 1. The average molecular weight is 560 g/mol. The standard InChI is InChI=1S/C30H33N5O6/c1-19(36)24-15-25(33-32-24)30(39)35-12-11-27-26(16-35)31-28(37)17-34(2)29(38)10-9-20-5-3-7-22(13-20)41-23-8-4-6-21(14-23)18-40-27/h3-8,13-15,26-27H,9-12,16-18H2,1-2H3,(H,31,37)(H,32,33)/t26-,27+/m0/s1. The number of Topliss-reactive ketones (excluding diaryl/α,β-unsaturated/α-hetero) is 1. The van der Waals surface area contributed by atoms with Gasteiger partial charge in [0, 0.05) is 33.5 Å². The van der Waals surface area contributed by atoms with E-state index in [0.29, 0.717) is 30.9 Å². The topological polar surface area (TPSA) is 134 Å². The van der Waals surface area contributed by atoms with Crippen LogP contribution in [-0.2, 0) is 27.4 Å². The van der Waals surface area contributed by atoms with Crippen molar-refractivity contribution in [2.75, 3.05) is 26.7 Å². The van der Waals surface area contributed by atoms with Gasteiger partial charge in [-0.25, -0.2) is 0 Å². The number of aromatic nitrogens is 2. The summed E-state index contributed by atoms with van der Waals surface area (Å²) in [7, 11) is 1.60. The molecule has 4 bridgehead atoms. The number of H-pyrrole nitrogens is 1. The molecule has 2 aliphatic rings. The van der Waals surface area contributed by atoms with Gasteiger partial charge < -0.3 is 24.6 Å². The number of carbonyl (C=O) groups is 4. The minimum Gasteiger partial charge on any atom is -0.457 e. The lowest BCUT2D eigenvalue weighted by Gasteiger charge is -2.38. The molecular formula is C30H33N5O6. The van der Waals surface area contributed by atoms with Crippen LogP contribution >= 0.6 is 0 Å². The van der Waals surface area contributed by atoms with E-state index in [0.717, 1.165) is 11.1 Å². The second kappa shape index (κ2) is 12.3. The molecular weight excluding hydrogens is 526 g/mol. The Morgan fingerprint density at radius 1 is 1.00 bits per heavy atom. The normalized spacial score (nSPS) is 20.2. The van der Waals surface area contributed by atoms with Gasteiger partial charge in [0.2, 0.25) is 11.8 Å². The molecule has 11 heteroatoms. The predicted octanol–water partition coefficient (Wildman–Crippen LogP) is 2.73. The number of nitrogens with zero attached hydrogens (tertiary/aromatic N) is 3. The Kier molecular flexibility index (Phi) is 8.44. The summed E-state index contributed by atoms with van der Waals surface area (Å²) < 4.78 is 12.4. The lowest BCUT2D eigenvalue weighted by molar-refractivity contribution is -0.135. The highest BCUT2D eigenvalue weighted by molar-refractivity contribution is 5.97. The van der Waals surface area contributed by atoms with Gasteiger partial charge in [-0.1, -0.05) is 24.3 Å². The van der Waals surface area contributed by atoms with Gasteiger partial charge >= 0.3 is 0 Å². The number of hydrogen-bond donors (Lipinski definition) is 2. The molecule has 0 unspecified atom stereocenters. The molecule has 1 saturated heterocycles. The van der Waals surface area contributed by atoms with Crippen LogP contribution in [0.5, 0.6) is 11.5 Å². The first kappa shape index (κ1) is 28.0. The molecule has 41 heavy (non-hydrogen) atoms. The fourth-order valence-corrected chi connectivity index (χ4v) is 5.04. The first-order valence-corrected chi connectivity index (χ1v) is 13.6. The van der Waals surface area contributed by atoms with Gasteiger partial charge in [0.05, 0.1) is 25.3 Å². The van der Waals surface area contributed by atoms with Crippen LogP contribution in [0, 0.1) is 0 Å². The number of fused-ring (bicyclic) bond motifs is 5. The van der Waals surface area contributed by atoms with Crippen LogP contribution in [-0.4, -0.2) is 82.3 Å². The van der Waals surface area contributed by atoms with Crippen molar-refractivity contribution in [2.24, 2.45) is 0 Å². The maximum atomic E-state index is 13.2. The molecule has 2 aromatic carbocycles. The highest BCUT2D eigenvalue weighted by Crippen LogP contribution is 2.25. The Hall–Kier alpha value is -4.51. The van der Waals surface area contributed by atoms with Crippen LogP contribution < -0.4 is 10.1 Å². The molecule has 1 fully saturated rings. The van der Waals surface area contributed by atoms with Gasteiger partial charge in [-0.05, 0) is 54.3 Å². The van der Waals surface area contributed by atoms with E-state index in [1.807, 2.05) is 48.5 Å². The number of carbonyl (C=O) groups excluding carboxylic acids is 4. The molecule has 0 saturated carbocycles. The van der Waals surface area contributed by atoms with Gasteiger partial charge in [0.1, 0.15) is 22.9 Å². The lowest BCUT2D eigenvalue weighted by atomic mass is 10.0. The zero-order chi connectivity index (χ0) is 28.9. The van der Waals surface area contributed by atoms with E-state index in [9.17, 15) is 19.2 Å². The number of amides is 3. The van der Waals surface area contributed by atoms with Crippen LogP contribution in [0.4, 0.5) is 0 Å². The van der Waals surface area contributed by atoms with Gasteiger partial charge in [-0.2, -0.15) is 5.10 Å². The number of ether oxygens (including phenoxy) is 2. The summed E-state index contributed by atoms with van der Waals surface area (Å²) in [5.74, 6) is 0.269. The second-order valence-electron chi connectivity index (χ2n) is 10.4. The number of aryl methyl sites for hydroxylation is 1. The average Bonchev–Trinajstić information content (AvgIpc) is 3.46. The van der Waals surface area contributed by atoms with Gasteiger partial charge in [-0.3, -0.25) is 24.3 Å². The van der Waals surface area contributed by atoms with Crippen molar-refractivity contribution in [2.45, 2.75) is 44.9 Å². The van der Waals surface area contributed by atoms with E-state index >= 15 is 0 Å². The summed E-state index contributed by atoms with van der Waals surface area (Å²) in [6.07, 6.45) is 0.851. The second-order valence-corrected chi connectivity index (χ2v) is 10.4. The quantitative estimate of drug-likeness (QED) is 0.461. The number of likely N-dealkylation sites (tertiary alicyclic amines) is 1. The minimum absolute atomic E-state index is 0.121. The third kappa shape index (κ3) is 6.98. The number of hydrogen-bond acceptors (Lipinski definition) is 7. The summed E-state index contributed by atoms with van der Waals surface area (Å²) >= 11 is 0. The maximum Gasteiger partial charge on any atom is 0.271 e. The van der Waals surface area contributed by atoms with Crippen molar-refractivity contribution in [3.8, 4) is 11.5 Å². The number of piperidine rings is 1. The Labute approximate surface area is 237 Å². The maximum absolute atomic E-state index is 13.2. The Bertz CT molecular complexity index is 1450. The lowest BCUT2D eigenvalue weighted by Crippen LogP contribution is -2.58. The van der Waals surface area contributed by atoms with Gasteiger partial charge in [0.25, 0.3) is 5.91 Å². The van der Waals surface area contributed by atoms with E-state index in [4.69, 9.17) is 9.47 Å². The van der Waals surface area contributed by atoms with Crippen molar-refractivity contribution >= 4 is 23.5 Å². The third-order valence-electron chi connectivity index (χ3n) is 7.28. The molecule has 2 atom stereocenters. The number of ketones is 1. The Morgan fingerprint density at radius 3 is 2.46 bits per heavy atom. The van der Waals surface area contributed by atoms with E-state index in [1.54, 1.807) is 11.9 Å². The van der Waals surface area contributed by atoms with Crippen LogP contribution in [0.2, 0.25) is 0 Å². The summed E-state index contributed by atoms with van der Waals surface area (Å²) in [6.45, 7) is 2.12. The van der Waals surface area contributed by atoms with E-state index < -0.39 is 6.04 Å². The van der Waals surface area contributed by atoms with Gasteiger partial charge in [0.15, 0.2) is 5.78 Å². The Balaban J connectivity index is 1.36. The molecule has 2 aliphatic heterocycles. The number of aromatic amines is 1. The number of benzene rings is 2. The summed E-state index contributed by atoms with van der Waals surface area (Å²) in [5, 5.41) is 9.53. The van der Waals surface area contributed by atoms with Crippen molar-refractivity contribution in [1.29, 1.82) is 0 Å². The van der Waals surface area contributed by atoms with Crippen molar-refractivity contribution < 1.29 is 28.7 Å². The summed E-state index contributed by atoms with van der Waals surface area (Å²) in [4.78, 5) is 53.7. The predicted molar refractivity (Wildman–Crippen MR) is 149 cm³/mol. The Morgan fingerprint density at radius 2 is 1.73 bits per heavy atom. The number of nitrogens with one attached hydrogen (secondary N) is 2. The highest BCUT2D eigenvalue weighted by Gasteiger charge is 2.34. The van der Waals surface area contributed by atoms with Crippen molar-refractivity contribution in [3.63, 3.8) is 0 Å². The van der Waals surface area contributed by atoms with E-state index in [1.165, 1.54) is 17.9 Å². The fraction of sp³-hybridized carbons (Fsp3) is 0.367. The largest absolute Gasteiger partial charge is 0.457 e. The molecule has 1 aromatic heterocycles. The van der Waals surface area contributed by atoms with E-state index in [2.05, 4.69) is 15.5 Å². The summed E-state index contributed by atoms with van der Waals surface area (Å²) in [6, 6.07) is 16.1. The molecule has 0 spiro atoms. The van der Waals surface area contributed by atoms with Crippen LogP contribution in [0.15, 0.2) is 54.6 Å². The van der Waals surface area contributed by atoms with Gasteiger partial charge in [-0.15, -0.1) is 0 Å². The minimum atomic E-state index is -0.517. The number of rotatable bonds is 2. The smallest absolute Gasteiger partial charge is 0.271 e. The molecule has 214 valence electrons. The monoisotopic (exact) mass is 559 g/mol. The molecule has 0 aliphatic carbocycles. The van der Waals surface area contributed by atoms with Crippen LogP contribution in [0.3, 0.4) is 0 Å². The molecule has 3 aromatic rings. The molecule has 5 rings (SSSR count). The van der Waals surface area contributed by atoms with Crippen LogP contribution in [0.25, 0.3) is 0 Å². The molecule has 2 N–H and O–H groups in total. The zero-order valence-electron chi connectivity index (χ0n) is 23.1. The molecule has 0 radical (unpaired) electrons. The van der Waals surface area contributed by atoms with Crippen molar-refractivity contribution in [3.05, 3.63) is 77.1 Å².